The Bertz CT molecular complexity index is 970. The Morgan fingerprint density at radius 2 is 1.80 bits per heavy atom. The third-order valence-corrected chi connectivity index (χ3v) is 4.41. The van der Waals surface area contributed by atoms with E-state index in [0.29, 0.717) is 5.56 Å². The number of rotatable bonds is 4. The van der Waals surface area contributed by atoms with Gasteiger partial charge in [0.05, 0.1) is 12.6 Å². The van der Waals surface area contributed by atoms with Gasteiger partial charge in [0, 0.05) is 4.47 Å². The van der Waals surface area contributed by atoms with E-state index in [1.54, 1.807) is 6.07 Å². The van der Waals surface area contributed by atoms with Gasteiger partial charge in [-0.05, 0) is 46.2 Å². The van der Waals surface area contributed by atoms with Crippen LogP contribution in [0.3, 0.4) is 0 Å². The molecule has 1 amide bonds. The summed E-state index contributed by atoms with van der Waals surface area (Å²) in [5.74, 6) is -0.688. The fraction of sp³-hybridized carbons (Fsp3) is 0.0526. The number of halogens is 1. The number of phenolic OH excluding ortho intramolecular Hbond substituents is 2. The molecule has 0 bridgehead atoms. The summed E-state index contributed by atoms with van der Waals surface area (Å²) in [6.07, 6.45) is 1.60. The Hall–Kier alpha value is -2.86. The van der Waals surface area contributed by atoms with Crippen LogP contribution in [0.5, 0.6) is 11.5 Å². The minimum absolute atomic E-state index is 0.200. The number of nitrogens with one attached hydrogen (secondary N) is 1. The molecule has 0 spiro atoms. The summed E-state index contributed by atoms with van der Waals surface area (Å²) in [4.78, 5) is 12.1. The molecular formula is C19H15BrN2O3. The van der Waals surface area contributed by atoms with Crippen molar-refractivity contribution in [1.82, 2.24) is 5.43 Å². The number of hydrazone groups is 1. The van der Waals surface area contributed by atoms with E-state index in [4.69, 9.17) is 0 Å². The molecule has 3 aromatic rings. The molecule has 126 valence electrons. The second-order valence-electron chi connectivity index (χ2n) is 5.47. The first-order chi connectivity index (χ1) is 12.0. The monoisotopic (exact) mass is 398 g/mol. The molecule has 0 heterocycles. The molecule has 0 unspecified atom stereocenters. The second-order valence-corrected chi connectivity index (χ2v) is 6.32. The molecule has 3 rings (SSSR count). The number of phenols is 2. The van der Waals surface area contributed by atoms with Crippen LogP contribution in [-0.2, 0) is 11.2 Å². The van der Waals surface area contributed by atoms with Gasteiger partial charge < -0.3 is 10.2 Å². The van der Waals surface area contributed by atoms with Gasteiger partial charge in [-0.3, -0.25) is 4.79 Å². The lowest BCUT2D eigenvalue weighted by molar-refractivity contribution is -0.120. The van der Waals surface area contributed by atoms with Gasteiger partial charge >= 0.3 is 0 Å². The van der Waals surface area contributed by atoms with Crippen LogP contribution < -0.4 is 5.43 Å². The third kappa shape index (κ3) is 3.97. The number of nitrogens with zero attached hydrogens (tertiary/aromatic N) is 1. The zero-order valence-electron chi connectivity index (χ0n) is 13.1. The van der Waals surface area contributed by atoms with E-state index in [1.807, 2.05) is 36.4 Å². The molecule has 0 aromatic heterocycles. The molecule has 0 aliphatic carbocycles. The summed E-state index contributed by atoms with van der Waals surface area (Å²) in [6, 6.07) is 16.0. The Morgan fingerprint density at radius 3 is 2.56 bits per heavy atom. The maximum atomic E-state index is 12.1. The molecule has 0 saturated carbocycles. The molecule has 3 N–H and O–H groups in total. The fourth-order valence-electron chi connectivity index (χ4n) is 2.49. The number of benzene rings is 3. The van der Waals surface area contributed by atoms with E-state index in [9.17, 15) is 15.0 Å². The van der Waals surface area contributed by atoms with Gasteiger partial charge in [0.25, 0.3) is 0 Å². The third-order valence-electron chi connectivity index (χ3n) is 3.71. The van der Waals surface area contributed by atoms with Crippen molar-refractivity contribution < 1.29 is 15.0 Å². The van der Waals surface area contributed by atoms with Crippen LogP contribution >= 0.6 is 15.9 Å². The van der Waals surface area contributed by atoms with Gasteiger partial charge in [0.15, 0.2) is 11.5 Å². The molecule has 0 atom stereocenters. The Labute approximate surface area is 152 Å². The van der Waals surface area contributed by atoms with Gasteiger partial charge in [-0.2, -0.15) is 5.10 Å². The molecule has 25 heavy (non-hydrogen) atoms. The fourth-order valence-corrected chi connectivity index (χ4v) is 2.97. The van der Waals surface area contributed by atoms with Crippen molar-refractivity contribution in [2.24, 2.45) is 5.10 Å². The van der Waals surface area contributed by atoms with Crippen LogP contribution in [0.25, 0.3) is 10.8 Å². The van der Waals surface area contributed by atoms with E-state index in [1.165, 1.54) is 18.3 Å². The minimum Gasteiger partial charge on any atom is -0.504 e. The summed E-state index contributed by atoms with van der Waals surface area (Å²) in [5.41, 5.74) is 3.94. The zero-order valence-corrected chi connectivity index (χ0v) is 14.7. The molecule has 0 aliphatic heterocycles. The van der Waals surface area contributed by atoms with Crippen LogP contribution in [0.2, 0.25) is 0 Å². The van der Waals surface area contributed by atoms with Crippen molar-refractivity contribution in [1.29, 1.82) is 0 Å². The molecule has 0 fully saturated rings. The number of carbonyl (C=O) groups is 1. The average Bonchev–Trinajstić information content (AvgIpc) is 2.61. The summed E-state index contributed by atoms with van der Waals surface area (Å²) < 4.78 is 0.984. The first-order valence-corrected chi connectivity index (χ1v) is 8.34. The van der Waals surface area contributed by atoms with Gasteiger partial charge in [0.1, 0.15) is 0 Å². The highest BCUT2D eigenvalue weighted by Gasteiger charge is 2.08. The van der Waals surface area contributed by atoms with E-state index in [-0.39, 0.29) is 23.8 Å². The normalized spacial score (nSPS) is 11.1. The number of fused-ring (bicyclic) bond motifs is 1. The first kappa shape index (κ1) is 17.0. The SMILES string of the molecule is O=C(Cc1ccc(Br)c2ccccc12)N/N=C\c1ccc(O)c(O)c1. The predicted octanol–water partition coefficient (Wildman–Crippen LogP) is 3.71. The summed E-state index contributed by atoms with van der Waals surface area (Å²) in [6.45, 7) is 0. The molecule has 6 heteroatoms. The maximum absolute atomic E-state index is 12.1. The standard InChI is InChI=1S/C19H15BrN2O3/c20-16-7-6-13(14-3-1-2-4-15(14)16)10-19(25)22-21-11-12-5-8-17(23)18(24)9-12/h1-9,11,23-24H,10H2,(H,22,25)/b21-11-. The lowest BCUT2D eigenvalue weighted by Crippen LogP contribution is -2.19. The van der Waals surface area contributed by atoms with E-state index in [0.717, 1.165) is 20.8 Å². The van der Waals surface area contributed by atoms with Gasteiger partial charge in [-0.1, -0.05) is 46.3 Å². The molecule has 3 aromatic carbocycles. The first-order valence-electron chi connectivity index (χ1n) is 7.54. The van der Waals surface area contributed by atoms with Crippen LogP contribution in [0.4, 0.5) is 0 Å². The van der Waals surface area contributed by atoms with Gasteiger partial charge in [-0.15, -0.1) is 0 Å². The average molecular weight is 399 g/mol. The quantitative estimate of drug-likeness (QED) is 0.356. The smallest absolute Gasteiger partial charge is 0.244 e. The van der Waals surface area contributed by atoms with E-state index >= 15 is 0 Å². The highest BCUT2D eigenvalue weighted by molar-refractivity contribution is 9.10. The lowest BCUT2D eigenvalue weighted by Gasteiger charge is -2.07. The van der Waals surface area contributed by atoms with E-state index < -0.39 is 0 Å². The largest absolute Gasteiger partial charge is 0.504 e. The number of carbonyl (C=O) groups excluding carboxylic acids is 1. The molecule has 5 nitrogen and oxygen atoms in total. The van der Waals surface area contributed by atoms with Crippen LogP contribution in [0, 0.1) is 0 Å². The zero-order chi connectivity index (χ0) is 17.8. The molecular weight excluding hydrogens is 384 g/mol. The van der Waals surface area contributed by atoms with Gasteiger partial charge in [-0.25, -0.2) is 5.43 Å². The summed E-state index contributed by atoms with van der Waals surface area (Å²) in [7, 11) is 0. The van der Waals surface area contributed by atoms with Crippen LogP contribution in [0.1, 0.15) is 11.1 Å². The Morgan fingerprint density at radius 1 is 1.04 bits per heavy atom. The van der Waals surface area contributed by atoms with Crippen LogP contribution in [-0.4, -0.2) is 22.3 Å². The Kier molecular flexibility index (Phi) is 5.00. The Balaban J connectivity index is 1.70. The number of hydrogen-bond donors (Lipinski definition) is 3. The van der Waals surface area contributed by atoms with Crippen molar-refractivity contribution >= 4 is 38.8 Å². The van der Waals surface area contributed by atoms with Crippen molar-refractivity contribution in [3.05, 3.63) is 70.2 Å². The van der Waals surface area contributed by atoms with Crippen molar-refractivity contribution in [3.63, 3.8) is 0 Å². The van der Waals surface area contributed by atoms with Crippen molar-refractivity contribution in [3.8, 4) is 11.5 Å². The summed E-state index contributed by atoms with van der Waals surface area (Å²) in [5, 5.41) is 24.6. The minimum atomic E-state index is -0.244. The molecule has 0 radical (unpaired) electrons. The number of hydrogen-bond acceptors (Lipinski definition) is 4. The van der Waals surface area contributed by atoms with Crippen LogP contribution in [0.15, 0.2) is 64.2 Å². The number of aromatic hydroxyl groups is 2. The molecule has 0 aliphatic rings. The maximum Gasteiger partial charge on any atom is 0.244 e. The van der Waals surface area contributed by atoms with E-state index in [2.05, 4.69) is 26.5 Å². The predicted molar refractivity (Wildman–Crippen MR) is 101 cm³/mol. The van der Waals surface area contributed by atoms with Crippen molar-refractivity contribution in [2.45, 2.75) is 6.42 Å². The summed E-state index contributed by atoms with van der Waals surface area (Å²) >= 11 is 3.51. The van der Waals surface area contributed by atoms with Gasteiger partial charge in [0.2, 0.25) is 5.91 Å². The highest BCUT2D eigenvalue weighted by Crippen LogP contribution is 2.27. The molecule has 0 saturated heterocycles. The second kappa shape index (κ2) is 7.36. The lowest BCUT2D eigenvalue weighted by atomic mass is 10.0. The number of amides is 1. The highest BCUT2D eigenvalue weighted by atomic mass is 79.9. The van der Waals surface area contributed by atoms with Crippen molar-refractivity contribution in [2.75, 3.05) is 0 Å². The topological polar surface area (TPSA) is 81.9 Å².